The zero-order valence-corrected chi connectivity index (χ0v) is 15.5. The normalized spacial score (nSPS) is 19.3. The highest BCUT2D eigenvalue weighted by Crippen LogP contribution is 2.41. The van der Waals surface area contributed by atoms with Gasteiger partial charge in [0.1, 0.15) is 0 Å². The van der Waals surface area contributed by atoms with Crippen LogP contribution in [0.2, 0.25) is 0 Å². The Labute approximate surface area is 156 Å². The maximum Gasteiger partial charge on any atom is 0.313 e. The Hall–Kier alpha value is -2.94. The Balaban J connectivity index is 2.09. The summed E-state index contributed by atoms with van der Waals surface area (Å²) < 4.78 is 32.6. The highest BCUT2D eigenvalue weighted by atomic mass is 32.2. The molecule has 0 aliphatic carbocycles. The SMILES string of the molecule is COC(=O)C1CC(C)N(S(=O)(=O)c2ccc([N+](=O)[O-])cc2)c2ccccc21. The predicted octanol–water partition coefficient (Wildman–Crippen LogP) is 2.84. The maximum absolute atomic E-state index is 13.2. The minimum Gasteiger partial charge on any atom is -0.469 e. The number of carbonyl (C=O) groups is 1. The first-order chi connectivity index (χ1) is 12.8. The van der Waals surface area contributed by atoms with Gasteiger partial charge < -0.3 is 4.74 Å². The fourth-order valence-electron chi connectivity index (χ4n) is 3.37. The second-order valence-corrected chi connectivity index (χ2v) is 8.09. The number of non-ortho nitro benzene ring substituents is 1. The molecule has 0 fully saturated rings. The highest BCUT2D eigenvalue weighted by molar-refractivity contribution is 7.92. The summed E-state index contributed by atoms with van der Waals surface area (Å²) in [4.78, 5) is 22.3. The Kier molecular flexibility index (Phi) is 4.88. The molecule has 1 aliphatic heterocycles. The molecule has 27 heavy (non-hydrogen) atoms. The van der Waals surface area contributed by atoms with Crippen LogP contribution in [0, 0.1) is 10.1 Å². The van der Waals surface area contributed by atoms with E-state index in [2.05, 4.69) is 0 Å². The number of nitro benzene ring substituents is 1. The number of fused-ring (bicyclic) bond motifs is 1. The number of esters is 1. The van der Waals surface area contributed by atoms with Crippen molar-refractivity contribution in [2.75, 3.05) is 11.4 Å². The number of para-hydroxylation sites is 1. The van der Waals surface area contributed by atoms with Gasteiger partial charge in [-0.2, -0.15) is 0 Å². The van der Waals surface area contributed by atoms with Gasteiger partial charge in [-0.25, -0.2) is 8.42 Å². The minimum atomic E-state index is -3.96. The van der Waals surface area contributed by atoms with Gasteiger partial charge >= 0.3 is 5.97 Å². The van der Waals surface area contributed by atoms with Crippen LogP contribution >= 0.6 is 0 Å². The van der Waals surface area contributed by atoms with Gasteiger partial charge in [-0.05, 0) is 37.1 Å². The van der Waals surface area contributed by atoms with Gasteiger partial charge in [-0.1, -0.05) is 18.2 Å². The highest BCUT2D eigenvalue weighted by Gasteiger charge is 2.40. The lowest BCUT2D eigenvalue weighted by molar-refractivity contribution is -0.384. The first-order valence-electron chi connectivity index (χ1n) is 8.23. The monoisotopic (exact) mass is 390 g/mol. The summed E-state index contributed by atoms with van der Waals surface area (Å²) in [5, 5.41) is 10.8. The van der Waals surface area contributed by atoms with E-state index in [1.165, 1.54) is 23.5 Å². The van der Waals surface area contributed by atoms with Crippen molar-refractivity contribution >= 4 is 27.4 Å². The molecular weight excluding hydrogens is 372 g/mol. The molecule has 2 aromatic rings. The third-order valence-corrected chi connectivity index (χ3v) is 6.56. The van der Waals surface area contributed by atoms with Crippen molar-refractivity contribution < 1.29 is 22.9 Å². The molecule has 1 aliphatic rings. The summed E-state index contributed by atoms with van der Waals surface area (Å²) in [7, 11) is -2.66. The first kappa shape index (κ1) is 18.8. The van der Waals surface area contributed by atoms with Crippen molar-refractivity contribution in [3.63, 3.8) is 0 Å². The van der Waals surface area contributed by atoms with Crippen molar-refractivity contribution in [2.24, 2.45) is 0 Å². The molecule has 0 N–H and O–H groups in total. The molecule has 2 unspecified atom stereocenters. The number of ether oxygens (including phenoxy) is 1. The summed E-state index contributed by atoms with van der Waals surface area (Å²) in [5.41, 5.74) is 0.796. The number of anilines is 1. The van der Waals surface area contributed by atoms with E-state index in [0.29, 0.717) is 11.3 Å². The number of carbonyl (C=O) groups excluding carboxylic acids is 1. The lowest BCUT2D eigenvalue weighted by atomic mass is 9.87. The van der Waals surface area contributed by atoms with E-state index in [-0.39, 0.29) is 17.0 Å². The lowest BCUT2D eigenvalue weighted by Gasteiger charge is -2.38. The third kappa shape index (κ3) is 3.25. The molecule has 142 valence electrons. The number of methoxy groups -OCH3 is 1. The van der Waals surface area contributed by atoms with E-state index >= 15 is 0 Å². The third-order valence-electron chi connectivity index (χ3n) is 4.62. The van der Waals surface area contributed by atoms with Gasteiger partial charge in [0.15, 0.2) is 0 Å². The number of hydrogen-bond acceptors (Lipinski definition) is 6. The summed E-state index contributed by atoms with van der Waals surface area (Å²) in [6, 6.07) is 11.0. The molecular formula is C18H18N2O6S. The van der Waals surface area contributed by atoms with E-state index in [4.69, 9.17) is 4.74 Å². The van der Waals surface area contributed by atoms with Crippen LogP contribution in [-0.2, 0) is 19.6 Å². The van der Waals surface area contributed by atoms with Crippen molar-refractivity contribution in [3.8, 4) is 0 Å². The molecule has 0 saturated carbocycles. The van der Waals surface area contributed by atoms with Crippen molar-refractivity contribution in [1.82, 2.24) is 0 Å². The lowest BCUT2D eigenvalue weighted by Crippen LogP contribution is -2.44. The van der Waals surface area contributed by atoms with E-state index < -0.39 is 32.9 Å². The van der Waals surface area contributed by atoms with Crippen LogP contribution in [0.25, 0.3) is 0 Å². The Morgan fingerprint density at radius 2 is 1.81 bits per heavy atom. The van der Waals surface area contributed by atoms with E-state index in [1.54, 1.807) is 31.2 Å². The number of nitrogens with zero attached hydrogens (tertiary/aromatic N) is 2. The molecule has 0 amide bonds. The molecule has 3 rings (SSSR count). The molecule has 9 heteroatoms. The summed E-state index contributed by atoms with van der Waals surface area (Å²) in [6.45, 7) is 1.72. The van der Waals surface area contributed by atoms with E-state index in [0.717, 1.165) is 12.1 Å². The quantitative estimate of drug-likeness (QED) is 0.451. The van der Waals surface area contributed by atoms with Crippen molar-refractivity contribution in [3.05, 3.63) is 64.2 Å². The second-order valence-electron chi connectivity index (χ2n) is 6.27. The smallest absolute Gasteiger partial charge is 0.313 e. The van der Waals surface area contributed by atoms with Gasteiger partial charge in [-0.15, -0.1) is 0 Å². The Morgan fingerprint density at radius 3 is 2.41 bits per heavy atom. The molecule has 0 spiro atoms. The minimum absolute atomic E-state index is 0.0497. The molecule has 0 bridgehead atoms. The van der Waals surface area contributed by atoms with Gasteiger partial charge in [0.2, 0.25) is 0 Å². The standard InChI is InChI=1S/C18H18N2O6S/c1-12-11-16(18(21)26-2)15-5-3-4-6-17(15)19(12)27(24,25)14-9-7-13(8-10-14)20(22)23/h3-10,12,16H,11H2,1-2H3. The number of hydrogen-bond donors (Lipinski definition) is 0. The average molecular weight is 390 g/mol. The van der Waals surface area contributed by atoms with Crippen molar-refractivity contribution in [2.45, 2.75) is 30.2 Å². The molecule has 0 radical (unpaired) electrons. The van der Waals surface area contributed by atoms with Gasteiger partial charge in [0.05, 0.1) is 28.5 Å². The van der Waals surface area contributed by atoms with Crippen LogP contribution in [0.1, 0.15) is 24.8 Å². The number of sulfonamides is 1. The zero-order valence-electron chi connectivity index (χ0n) is 14.7. The second kappa shape index (κ2) is 6.99. The first-order valence-corrected chi connectivity index (χ1v) is 9.67. The van der Waals surface area contributed by atoms with Crippen molar-refractivity contribution in [1.29, 1.82) is 0 Å². The van der Waals surface area contributed by atoms with Crippen LogP contribution in [0.5, 0.6) is 0 Å². The van der Waals surface area contributed by atoms with Gasteiger partial charge in [-0.3, -0.25) is 19.2 Å². The Morgan fingerprint density at radius 1 is 1.19 bits per heavy atom. The summed E-state index contributed by atoms with van der Waals surface area (Å²) in [6.07, 6.45) is 0.274. The molecule has 2 aromatic carbocycles. The largest absolute Gasteiger partial charge is 0.469 e. The van der Waals surface area contributed by atoms with E-state index in [1.807, 2.05) is 0 Å². The predicted molar refractivity (Wildman–Crippen MR) is 98.0 cm³/mol. The molecule has 8 nitrogen and oxygen atoms in total. The van der Waals surface area contributed by atoms with Crippen LogP contribution in [0.4, 0.5) is 11.4 Å². The molecule has 1 heterocycles. The molecule has 0 saturated heterocycles. The topological polar surface area (TPSA) is 107 Å². The fraction of sp³-hybridized carbons (Fsp3) is 0.278. The van der Waals surface area contributed by atoms with Crippen LogP contribution in [-0.4, -0.2) is 32.5 Å². The summed E-state index contributed by atoms with van der Waals surface area (Å²) in [5.74, 6) is -0.966. The Bertz CT molecular complexity index is 987. The van der Waals surface area contributed by atoms with Gasteiger partial charge in [0.25, 0.3) is 15.7 Å². The van der Waals surface area contributed by atoms with Crippen LogP contribution in [0.15, 0.2) is 53.4 Å². The van der Waals surface area contributed by atoms with E-state index in [9.17, 15) is 23.3 Å². The van der Waals surface area contributed by atoms with Crippen LogP contribution in [0.3, 0.4) is 0 Å². The zero-order chi connectivity index (χ0) is 19.8. The average Bonchev–Trinajstić information content (AvgIpc) is 2.66. The maximum atomic E-state index is 13.2. The van der Waals surface area contributed by atoms with Crippen LogP contribution < -0.4 is 4.31 Å². The summed E-state index contributed by atoms with van der Waals surface area (Å²) >= 11 is 0. The molecule has 2 atom stereocenters. The number of rotatable bonds is 4. The number of benzene rings is 2. The van der Waals surface area contributed by atoms with Gasteiger partial charge in [0, 0.05) is 18.2 Å². The number of nitro groups is 1. The molecule has 0 aromatic heterocycles. The fourth-order valence-corrected chi connectivity index (χ4v) is 5.06.